The molecule has 1 aromatic carbocycles. The molecule has 9 nitrogen and oxygen atoms in total. The van der Waals surface area contributed by atoms with Crippen LogP contribution < -0.4 is 4.74 Å². The standard InChI is InChI=1S/C23H33F5N4O5Si/c1-22(2,3)36-21(34)32(31-30-29)12-13(37-38(7,8)23(4,5)6)10-9-11-14(33)35-20-18(27)16(25)15(24)17(26)19(20)28/h13H,9-12H2,1-8H3. The average Bonchev–Trinajstić information content (AvgIpc) is 2.76. The summed E-state index contributed by atoms with van der Waals surface area (Å²) < 4.78 is 83.6. The Morgan fingerprint density at radius 2 is 1.47 bits per heavy atom. The molecule has 1 atom stereocenters. The van der Waals surface area contributed by atoms with E-state index in [0.29, 0.717) is 0 Å². The van der Waals surface area contributed by atoms with Crippen molar-refractivity contribution in [2.24, 2.45) is 5.22 Å². The van der Waals surface area contributed by atoms with Crippen molar-refractivity contribution in [3.8, 4) is 5.75 Å². The molecule has 1 aromatic rings. The van der Waals surface area contributed by atoms with Crippen LogP contribution in [0.25, 0.3) is 10.4 Å². The van der Waals surface area contributed by atoms with E-state index in [9.17, 15) is 31.5 Å². The third-order valence-electron chi connectivity index (χ3n) is 5.69. The highest BCUT2D eigenvalue weighted by atomic mass is 28.4. The average molecular weight is 569 g/mol. The zero-order valence-corrected chi connectivity index (χ0v) is 23.6. The van der Waals surface area contributed by atoms with E-state index in [-0.39, 0.29) is 24.4 Å². The van der Waals surface area contributed by atoms with Crippen LogP contribution in [-0.4, -0.2) is 43.6 Å². The number of carbonyl (C=O) groups is 2. The molecule has 0 aliphatic carbocycles. The van der Waals surface area contributed by atoms with Gasteiger partial charge in [0.2, 0.25) is 34.8 Å². The van der Waals surface area contributed by atoms with Crippen molar-refractivity contribution in [1.29, 1.82) is 0 Å². The van der Waals surface area contributed by atoms with Gasteiger partial charge in [0.05, 0.1) is 6.10 Å². The Kier molecular flexibility index (Phi) is 11.1. The molecule has 0 radical (unpaired) electrons. The Morgan fingerprint density at radius 3 is 1.92 bits per heavy atom. The van der Waals surface area contributed by atoms with Crippen LogP contribution in [0.2, 0.25) is 18.1 Å². The van der Waals surface area contributed by atoms with Crippen LogP contribution in [0, 0.1) is 29.1 Å². The largest absolute Gasteiger partial charge is 0.510 e. The first-order valence-electron chi connectivity index (χ1n) is 11.7. The molecule has 0 saturated heterocycles. The van der Waals surface area contributed by atoms with Crippen LogP contribution in [0.3, 0.4) is 0 Å². The fourth-order valence-corrected chi connectivity index (χ4v) is 4.18. The van der Waals surface area contributed by atoms with Gasteiger partial charge in [-0.2, -0.15) is 18.5 Å². The molecule has 214 valence electrons. The maximum Gasteiger partial charge on any atom is 0.510 e. The monoisotopic (exact) mass is 568 g/mol. The van der Waals surface area contributed by atoms with Crippen LogP contribution in [0.4, 0.5) is 26.7 Å². The first kappa shape index (κ1) is 33.1. The summed E-state index contributed by atoms with van der Waals surface area (Å²) in [5.74, 6) is -14.3. The van der Waals surface area contributed by atoms with Crippen LogP contribution in [-0.2, 0) is 14.0 Å². The minimum atomic E-state index is -2.46. The zero-order chi connectivity index (χ0) is 29.6. The van der Waals surface area contributed by atoms with E-state index in [1.807, 2.05) is 33.9 Å². The highest BCUT2D eigenvalue weighted by Crippen LogP contribution is 2.38. The molecule has 1 unspecified atom stereocenters. The number of benzene rings is 1. The second kappa shape index (κ2) is 12.8. The van der Waals surface area contributed by atoms with Gasteiger partial charge in [-0.3, -0.25) is 4.79 Å². The second-order valence-corrected chi connectivity index (χ2v) is 15.8. The number of hydrogen-bond acceptors (Lipinski definition) is 6. The van der Waals surface area contributed by atoms with Gasteiger partial charge in [-0.05, 0) is 57.0 Å². The number of nitrogens with zero attached hydrogens (tertiary/aromatic N) is 4. The van der Waals surface area contributed by atoms with E-state index in [4.69, 9.17) is 14.7 Å². The van der Waals surface area contributed by atoms with Crippen molar-refractivity contribution >= 4 is 20.4 Å². The molecule has 1 rings (SSSR count). The fourth-order valence-electron chi connectivity index (χ4n) is 2.80. The molecule has 0 aliphatic rings. The molecule has 0 N–H and O–H groups in total. The first-order chi connectivity index (χ1) is 17.2. The molecule has 0 saturated carbocycles. The second-order valence-electron chi connectivity index (χ2n) is 11.0. The Labute approximate surface area is 218 Å². The number of carbonyl (C=O) groups excluding carboxylic acids is 2. The number of halogens is 5. The van der Waals surface area contributed by atoms with Crippen molar-refractivity contribution in [1.82, 2.24) is 5.01 Å². The van der Waals surface area contributed by atoms with Crippen LogP contribution >= 0.6 is 0 Å². The molecule has 0 bridgehead atoms. The molecule has 0 aliphatic heterocycles. The minimum absolute atomic E-state index is 0.0219. The normalized spacial score (nSPS) is 13.0. The van der Waals surface area contributed by atoms with Gasteiger partial charge < -0.3 is 13.9 Å². The summed E-state index contributed by atoms with van der Waals surface area (Å²) in [4.78, 5) is 27.3. The van der Waals surface area contributed by atoms with Crippen molar-refractivity contribution < 1.29 is 45.4 Å². The first-order valence-corrected chi connectivity index (χ1v) is 14.6. The van der Waals surface area contributed by atoms with Crippen molar-refractivity contribution in [3.05, 3.63) is 39.5 Å². The molecule has 1 amide bonds. The highest BCUT2D eigenvalue weighted by Gasteiger charge is 2.40. The lowest BCUT2D eigenvalue weighted by atomic mass is 10.1. The third-order valence-corrected chi connectivity index (χ3v) is 10.2. The van der Waals surface area contributed by atoms with Crippen molar-refractivity contribution in [2.45, 2.75) is 90.6 Å². The highest BCUT2D eigenvalue weighted by molar-refractivity contribution is 6.74. The summed E-state index contributed by atoms with van der Waals surface area (Å²) in [6.45, 7) is 14.4. The van der Waals surface area contributed by atoms with Gasteiger partial charge in [-0.15, -0.1) is 10.5 Å². The number of hydrogen-bond donors (Lipinski definition) is 0. The number of ether oxygens (including phenoxy) is 2. The van der Waals surface area contributed by atoms with Gasteiger partial charge in [0.1, 0.15) is 12.1 Å². The predicted molar refractivity (Wildman–Crippen MR) is 130 cm³/mol. The van der Waals surface area contributed by atoms with Crippen LogP contribution in [0.15, 0.2) is 5.22 Å². The Hall–Kier alpha value is -2.90. The summed E-state index contributed by atoms with van der Waals surface area (Å²) in [6, 6.07) is 0. The van der Waals surface area contributed by atoms with Gasteiger partial charge in [-0.25, -0.2) is 13.2 Å². The fraction of sp³-hybridized carbons (Fsp3) is 0.652. The van der Waals surface area contributed by atoms with Crippen molar-refractivity contribution in [2.75, 3.05) is 6.54 Å². The molecular formula is C23H33F5N4O5Si. The van der Waals surface area contributed by atoms with Gasteiger partial charge >= 0.3 is 12.1 Å². The Bertz CT molecular complexity index is 1060. The molecule has 0 fully saturated rings. The molecule has 0 aromatic heterocycles. The number of azide groups is 1. The maximum atomic E-state index is 13.8. The van der Waals surface area contributed by atoms with Gasteiger partial charge in [0.25, 0.3) is 0 Å². The van der Waals surface area contributed by atoms with E-state index >= 15 is 0 Å². The number of amides is 1. The molecule has 0 heterocycles. The van der Waals surface area contributed by atoms with E-state index in [0.717, 1.165) is 5.01 Å². The Balaban J connectivity index is 3.06. The third kappa shape index (κ3) is 9.13. The minimum Gasteiger partial charge on any atom is -0.425 e. The van der Waals surface area contributed by atoms with E-state index < -0.39 is 73.3 Å². The number of esters is 1. The lowest BCUT2D eigenvalue weighted by Gasteiger charge is -2.39. The lowest BCUT2D eigenvalue weighted by molar-refractivity contribution is -0.135. The Morgan fingerprint density at radius 1 is 0.974 bits per heavy atom. The van der Waals surface area contributed by atoms with Gasteiger partial charge in [0, 0.05) is 6.42 Å². The smallest absolute Gasteiger partial charge is 0.425 e. The zero-order valence-electron chi connectivity index (χ0n) is 22.6. The SMILES string of the molecule is CC(C)(C)OC(=O)N(CC(CCCC(=O)Oc1c(F)c(F)c(F)c(F)c1F)O[Si](C)(C)C(C)(C)C)N=[N+]=[N-]. The van der Waals surface area contributed by atoms with Crippen LogP contribution in [0.1, 0.15) is 60.8 Å². The van der Waals surface area contributed by atoms with E-state index in [2.05, 4.69) is 14.9 Å². The maximum absolute atomic E-state index is 13.8. The summed E-state index contributed by atoms with van der Waals surface area (Å²) in [7, 11) is -2.46. The van der Waals surface area contributed by atoms with Crippen LogP contribution in [0.5, 0.6) is 5.75 Å². The molecular weight excluding hydrogens is 535 g/mol. The molecule has 15 heteroatoms. The number of rotatable bonds is 10. The topological polar surface area (TPSA) is 114 Å². The summed E-state index contributed by atoms with van der Waals surface area (Å²) >= 11 is 0. The molecule has 0 spiro atoms. The van der Waals surface area contributed by atoms with Gasteiger partial charge in [0.15, 0.2) is 8.32 Å². The summed E-state index contributed by atoms with van der Waals surface area (Å²) in [5, 5.41) is 3.87. The molecule has 38 heavy (non-hydrogen) atoms. The van der Waals surface area contributed by atoms with Crippen molar-refractivity contribution in [3.63, 3.8) is 0 Å². The quantitative estimate of drug-likeness (QED) is 0.0280. The van der Waals surface area contributed by atoms with Gasteiger partial charge in [-0.1, -0.05) is 20.8 Å². The van der Waals surface area contributed by atoms with E-state index in [1.165, 1.54) is 0 Å². The lowest BCUT2D eigenvalue weighted by Crippen LogP contribution is -2.47. The summed E-state index contributed by atoms with van der Waals surface area (Å²) in [5.41, 5.74) is 8.04. The summed E-state index contributed by atoms with van der Waals surface area (Å²) in [6.07, 6.45) is -2.11. The van der Waals surface area contributed by atoms with E-state index in [1.54, 1.807) is 20.8 Å². The predicted octanol–water partition coefficient (Wildman–Crippen LogP) is 7.31.